The van der Waals surface area contributed by atoms with Crippen LogP contribution in [0.1, 0.15) is 0 Å². The van der Waals surface area contributed by atoms with E-state index in [1.807, 2.05) is 6.07 Å². The second-order valence-corrected chi connectivity index (χ2v) is 6.06. The fourth-order valence-corrected chi connectivity index (χ4v) is 2.64. The lowest BCUT2D eigenvalue weighted by atomic mass is 10.2. The zero-order valence-electron chi connectivity index (χ0n) is 10.7. The zero-order chi connectivity index (χ0) is 14.7. The second kappa shape index (κ2) is 6.65. The second-order valence-electron chi connectivity index (χ2n) is 3.84. The molecule has 7 heteroatoms. The highest BCUT2D eigenvalue weighted by atomic mass is 79.9. The summed E-state index contributed by atoms with van der Waals surface area (Å²) in [5.41, 5.74) is -0.000572. The van der Waals surface area contributed by atoms with Gasteiger partial charge in [-0.25, -0.2) is 4.79 Å². The van der Waals surface area contributed by atoms with Crippen LogP contribution in [0.15, 0.2) is 28.9 Å². The summed E-state index contributed by atoms with van der Waals surface area (Å²) in [7, 11) is 1.32. The van der Waals surface area contributed by atoms with Crippen molar-refractivity contribution >= 4 is 56.2 Å². The summed E-state index contributed by atoms with van der Waals surface area (Å²) in [6.45, 7) is 0. The molecular formula is C13H11BrClNO3S. The predicted octanol–water partition coefficient (Wildman–Crippen LogP) is 3.89. The molecule has 0 saturated heterocycles. The Morgan fingerprint density at radius 3 is 2.85 bits per heavy atom. The van der Waals surface area contributed by atoms with Crippen molar-refractivity contribution < 1.29 is 14.3 Å². The Balaban J connectivity index is 2.38. The molecule has 2 rings (SSSR count). The van der Waals surface area contributed by atoms with Crippen LogP contribution in [0.3, 0.4) is 0 Å². The molecule has 0 fully saturated rings. The number of esters is 1. The van der Waals surface area contributed by atoms with Crippen molar-refractivity contribution in [1.82, 2.24) is 4.98 Å². The topological polar surface area (TPSA) is 48.4 Å². The van der Waals surface area contributed by atoms with E-state index < -0.39 is 11.4 Å². The summed E-state index contributed by atoms with van der Waals surface area (Å²) in [4.78, 5) is 15.8. The third-order valence-electron chi connectivity index (χ3n) is 2.54. The van der Waals surface area contributed by atoms with Crippen LogP contribution in [0, 0.1) is 0 Å². The van der Waals surface area contributed by atoms with E-state index in [1.54, 1.807) is 24.6 Å². The molecule has 0 bridgehead atoms. The number of pyridine rings is 1. The standard InChI is InChI=1S/C13H11BrClNO3S/c1-18-12(17)13(20-2)19-11-4-7-3-8(14)6-16-10(7)5-9(11)15/h3-6,13H,1-2H3. The monoisotopic (exact) mass is 375 g/mol. The average Bonchev–Trinajstić information content (AvgIpc) is 2.44. The van der Waals surface area contributed by atoms with Gasteiger partial charge in [-0.05, 0) is 40.4 Å². The van der Waals surface area contributed by atoms with Gasteiger partial charge in [-0.15, -0.1) is 11.8 Å². The van der Waals surface area contributed by atoms with Gasteiger partial charge in [0.25, 0.3) is 0 Å². The van der Waals surface area contributed by atoms with Crippen molar-refractivity contribution in [3.05, 3.63) is 33.9 Å². The quantitative estimate of drug-likeness (QED) is 0.598. The van der Waals surface area contributed by atoms with Gasteiger partial charge >= 0.3 is 5.97 Å². The number of aromatic nitrogens is 1. The van der Waals surface area contributed by atoms with Gasteiger partial charge < -0.3 is 9.47 Å². The molecule has 4 nitrogen and oxygen atoms in total. The molecule has 0 aliphatic carbocycles. The van der Waals surface area contributed by atoms with E-state index >= 15 is 0 Å². The minimum absolute atomic E-state index is 0.398. The fraction of sp³-hybridized carbons (Fsp3) is 0.231. The molecule has 0 amide bonds. The van der Waals surface area contributed by atoms with Crippen LogP contribution >= 0.6 is 39.3 Å². The number of rotatable bonds is 4. The number of methoxy groups -OCH3 is 1. The highest BCUT2D eigenvalue weighted by Gasteiger charge is 2.21. The largest absolute Gasteiger partial charge is 0.466 e. The molecule has 20 heavy (non-hydrogen) atoms. The molecule has 0 aliphatic heterocycles. The Morgan fingerprint density at radius 2 is 2.20 bits per heavy atom. The summed E-state index contributed by atoms with van der Waals surface area (Å²) in [6, 6.07) is 5.35. The maximum atomic E-state index is 11.5. The maximum absolute atomic E-state index is 11.5. The van der Waals surface area contributed by atoms with Crippen molar-refractivity contribution in [3.63, 3.8) is 0 Å². The summed E-state index contributed by atoms with van der Waals surface area (Å²) in [5, 5.41) is 1.26. The Bertz CT molecular complexity index is 653. The first-order chi connectivity index (χ1) is 9.55. The van der Waals surface area contributed by atoms with Crippen LogP contribution in [-0.2, 0) is 9.53 Å². The van der Waals surface area contributed by atoms with E-state index in [1.165, 1.54) is 18.9 Å². The van der Waals surface area contributed by atoms with E-state index in [9.17, 15) is 4.79 Å². The predicted molar refractivity (Wildman–Crippen MR) is 84.4 cm³/mol. The van der Waals surface area contributed by atoms with Gasteiger partial charge in [0, 0.05) is 16.1 Å². The lowest BCUT2D eigenvalue weighted by Gasteiger charge is -2.16. The number of fused-ring (bicyclic) bond motifs is 1. The first kappa shape index (κ1) is 15.4. The molecular weight excluding hydrogens is 366 g/mol. The summed E-state index contributed by atoms with van der Waals surface area (Å²) in [5.74, 6) is -0.0372. The fourth-order valence-electron chi connectivity index (χ4n) is 1.60. The van der Waals surface area contributed by atoms with Crippen LogP contribution in [0.2, 0.25) is 5.02 Å². The first-order valence-electron chi connectivity index (χ1n) is 5.57. The van der Waals surface area contributed by atoms with Gasteiger partial charge in [-0.1, -0.05) is 11.6 Å². The Morgan fingerprint density at radius 1 is 1.45 bits per heavy atom. The number of carbonyl (C=O) groups excluding carboxylic acids is 1. The minimum Gasteiger partial charge on any atom is -0.466 e. The molecule has 1 unspecified atom stereocenters. The molecule has 1 heterocycles. The lowest BCUT2D eigenvalue weighted by molar-refractivity contribution is -0.144. The minimum atomic E-state index is -0.755. The first-order valence-corrected chi connectivity index (χ1v) is 8.03. The third kappa shape index (κ3) is 3.37. The van der Waals surface area contributed by atoms with E-state index in [0.717, 1.165) is 15.4 Å². The summed E-state index contributed by atoms with van der Waals surface area (Å²) < 4.78 is 11.1. The van der Waals surface area contributed by atoms with Crippen molar-refractivity contribution in [3.8, 4) is 5.75 Å². The van der Waals surface area contributed by atoms with Gasteiger partial charge in [0.05, 0.1) is 17.6 Å². The summed E-state index contributed by atoms with van der Waals surface area (Å²) in [6.07, 6.45) is 3.45. The Kier molecular flexibility index (Phi) is 5.12. The van der Waals surface area contributed by atoms with E-state index in [4.69, 9.17) is 16.3 Å². The van der Waals surface area contributed by atoms with Crippen LogP contribution in [0.5, 0.6) is 5.75 Å². The van der Waals surface area contributed by atoms with Crippen molar-refractivity contribution in [1.29, 1.82) is 0 Å². The lowest BCUT2D eigenvalue weighted by Crippen LogP contribution is -2.24. The van der Waals surface area contributed by atoms with Crippen molar-refractivity contribution in [2.45, 2.75) is 5.44 Å². The maximum Gasteiger partial charge on any atom is 0.357 e. The van der Waals surface area contributed by atoms with Crippen LogP contribution in [0.25, 0.3) is 10.9 Å². The molecule has 2 aromatic rings. The molecule has 0 spiro atoms. The highest BCUT2D eigenvalue weighted by molar-refractivity contribution is 9.10. The highest BCUT2D eigenvalue weighted by Crippen LogP contribution is 2.32. The number of thioether (sulfide) groups is 1. The molecule has 0 aliphatic rings. The molecule has 0 saturated carbocycles. The van der Waals surface area contributed by atoms with Crippen molar-refractivity contribution in [2.75, 3.05) is 13.4 Å². The molecule has 0 radical (unpaired) electrons. The zero-order valence-corrected chi connectivity index (χ0v) is 13.9. The number of hydrogen-bond acceptors (Lipinski definition) is 5. The van der Waals surface area contributed by atoms with Crippen LogP contribution < -0.4 is 4.74 Å². The van der Waals surface area contributed by atoms with Crippen molar-refractivity contribution in [2.24, 2.45) is 0 Å². The Hall–Kier alpha value is -0.980. The van der Waals surface area contributed by atoms with Gasteiger partial charge in [-0.2, -0.15) is 0 Å². The van der Waals surface area contributed by atoms with Gasteiger partial charge in [0.2, 0.25) is 5.44 Å². The van der Waals surface area contributed by atoms with E-state index in [2.05, 4.69) is 25.7 Å². The van der Waals surface area contributed by atoms with Gasteiger partial charge in [0.1, 0.15) is 5.75 Å². The number of ether oxygens (including phenoxy) is 2. The van der Waals surface area contributed by atoms with Gasteiger partial charge in [-0.3, -0.25) is 4.98 Å². The van der Waals surface area contributed by atoms with E-state index in [-0.39, 0.29) is 0 Å². The number of halogens is 2. The molecule has 1 atom stereocenters. The average molecular weight is 377 g/mol. The van der Waals surface area contributed by atoms with E-state index in [0.29, 0.717) is 10.8 Å². The van der Waals surface area contributed by atoms with Crippen LogP contribution in [0.4, 0.5) is 0 Å². The SMILES string of the molecule is COC(=O)C(Oc1cc2cc(Br)cnc2cc1Cl)SC. The van der Waals surface area contributed by atoms with Crippen LogP contribution in [-0.4, -0.2) is 29.8 Å². The molecule has 106 valence electrons. The van der Waals surface area contributed by atoms with Gasteiger partial charge in [0.15, 0.2) is 0 Å². The third-order valence-corrected chi connectivity index (χ3v) is 3.99. The normalized spacial score (nSPS) is 12.2. The number of nitrogens with zero attached hydrogens (tertiary/aromatic N) is 1. The molecule has 0 N–H and O–H groups in total. The number of hydrogen-bond donors (Lipinski definition) is 0. The number of benzene rings is 1. The number of carbonyl (C=O) groups is 1. The molecule has 1 aromatic heterocycles. The summed E-state index contributed by atoms with van der Waals surface area (Å²) >= 11 is 10.7. The smallest absolute Gasteiger partial charge is 0.357 e. The molecule has 1 aromatic carbocycles. The Labute approximate surface area is 133 Å².